The summed E-state index contributed by atoms with van der Waals surface area (Å²) in [6.07, 6.45) is 2.65. The lowest BCUT2D eigenvalue weighted by Crippen LogP contribution is -2.19. The number of aromatic nitrogens is 3. The van der Waals surface area contributed by atoms with E-state index < -0.39 is 0 Å². The smallest absolute Gasteiger partial charge is 0.147 e. The molecule has 2 aromatic rings. The lowest BCUT2D eigenvalue weighted by molar-refractivity contribution is 0.336. The van der Waals surface area contributed by atoms with Crippen molar-refractivity contribution in [3.63, 3.8) is 0 Å². The Kier molecular flexibility index (Phi) is 7.05. The zero-order chi connectivity index (χ0) is 16.8. The van der Waals surface area contributed by atoms with Crippen LogP contribution < -0.4 is 10.1 Å². The number of nitrogens with one attached hydrogen (secondary N) is 1. The molecule has 23 heavy (non-hydrogen) atoms. The number of hydrogen-bond acceptors (Lipinski definition) is 4. The third-order valence-electron chi connectivity index (χ3n) is 3.40. The number of rotatable bonds is 8. The van der Waals surface area contributed by atoms with Crippen LogP contribution in [0.25, 0.3) is 0 Å². The van der Waals surface area contributed by atoms with E-state index in [4.69, 9.17) is 4.74 Å². The molecule has 5 nitrogen and oxygen atoms in total. The van der Waals surface area contributed by atoms with Gasteiger partial charge in [0.25, 0.3) is 0 Å². The third kappa shape index (κ3) is 5.02. The Morgan fingerprint density at radius 2 is 1.96 bits per heavy atom. The first-order valence-electron chi connectivity index (χ1n) is 7.72. The van der Waals surface area contributed by atoms with E-state index in [2.05, 4.69) is 77.9 Å². The zero-order valence-electron chi connectivity index (χ0n) is 13.6. The summed E-state index contributed by atoms with van der Waals surface area (Å²) in [5, 5.41) is 11.6. The average molecular weight is 446 g/mol. The van der Waals surface area contributed by atoms with Crippen molar-refractivity contribution in [3.8, 4) is 5.75 Å². The van der Waals surface area contributed by atoms with Gasteiger partial charge >= 0.3 is 0 Å². The first-order valence-corrected chi connectivity index (χ1v) is 9.31. The highest BCUT2D eigenvalue weighted by atomic mass is 79.9. The van der Waals surface area contributed by atoms with Crippen LogP contribution in [0.5, 0.6) is 5.75 Å². The van der Waals surface area contributed by atoms with E-state index in [1.807, 2.05) is 6.92 Å². The number of halogens is 2. The molecule has 0 saturated heterocycles. The Balaban J connectivity index is 1.88. The second-order valence-corrected chi connectivity index (χ2v) is 7.21. The lowest BCUT2D eigenvalue weighted by Gasteiger charge is -2.12. The summed E-state index contributed by atoms with van der Waals surface area (Å²) < 4.78 is 9.63. The minimum atomic E-state index is 0.387. The molecule has 1 N–H and O–H groups in total. The quantitative estimate of drug-likeness (QED) is 0.621. The molecule has 0 fully saturated rings. The fourth-order valence-corrected chi connectivity index (χ4v) is 3.82. The van der Waals surface area contributed by atoms with Gasteiger partial charge in [-0.05, 0) is 70.3 Å². The third-order valence-corrected chi connectivity index (χ3v) is 4.58. The van der Waals surface area contributed by atoms with E-state index >= 15 is 0 Å². The Morgan fingerprint density at radius 3 is 2.57 bits per heavy atom. The van der Waals surface area contributed by atoms with Gasteiger partial charge in [-0.15, -0.1) is 10.2 Å². The standard InChI is InChI=1S/C16H22Br2N4O/c1-4-23-16-13(17)7-12(8-14(16)18)9-19-6-5-15-21-20-10-22(15)11(2)3/h7-8,10-11,19H,4-6,9H2,1-3H3. The van der Waals surface area contributed by atoms with E-state index in [1.54, 1.807) is 6.33 Å². The normalized spacial score (nSPS) is 11.2. The minimum absolute atomic E-state index is 0.387. The van der Waals surface area contributed by atoms with Gasteiger partial charge in [0.15, 0.2) is 0 Å². The van der Waals surface area contributed by atoms with Crippen molar-refractivity contribution in [2.24, 2.45) is 0 Å². The highest BCUT2D eigenvalue weighted by molar-refractivity contribution is 9.11. The molecule has 0 saturated carbocycles. The molecule has 0 bridgehead atoms. The fourth-order valence-electron chi connectivity index (χ4n) is 2.31. The Morgan fingerprint density at radius 1 is 1.26 bits per heavy atom. The number of ether oxygens (including phenoxy) is 1. The van der Waals surface area contributed by atoms with Gasteiger partial charge in [-0.1, -0.05) is 0 Å². The maximum absolute atomic E-state index is 5.60. The largest absolute Gasteiger partial charge is 0.492 e. The van der Waals surface area contributed by atoms with Crippen LogP contribution in [0.15, 0.2) is 27.4 Å². The summed E-state index contributed by atoms with van der Waals surface area (Å²) >= 11 is 7.12. The first-order chi connectivity index (χ1) is 11.0. The van der Waals surface area contributed by atoms with Gasteiger partial charge in [0.05, 0.1) is 15.6 Å². The molecule has 0 aliphatic rings. The number of nitrogens with zero attached hydrogens (tertiary/aromatic N) is 3. The molecule has 1 heterocycles. The molecule has 0 aliphatic carbocycles. The predicted molar refractivity (Wildman–Crippen MR) is 98.8 cm³/mol. The lowest BCUT2D eigenvalue weighted by atomic mass is 10.2. The molecule has 7 heteroatoms. The van der Waals surface area contributed by atoms with Crippen molar-refractivity contribution < 1.29 is 4.74 Å². The van der Waals surface area contributed by atoms with Gasteiger partial charge in [0.2, 0.25) is 0 Å². The molecule has 0 aliphatic heterocycles. The van der Waals surface area contributed by atoms with Crippen LogP contribution in [0, 0.1) is 0 Å². The van der Waals surface area contributed by atoms with Gasteiger partial charge in [-0.2, -0.15) is 0 Å². The summed E-state index contributed by atoms with van der Waals surface area (Å²) in [6, 6.07) is 4.55. The number of hydrogen-bond donors (Lipinski definition) is 1. The van der Waals surface area contributed by atoms with Crippen LogP contribution in [-0.4, -0.2) is 27.9 Å². The van der Waals surface area contributed by atoms with Crippen LogP contribution >= 0.6 is 31.9 Å². The molecule has 0 radical (unpaired) electrons. The van der Waals surface area contributed by atoms with Crippen LogP contribution in [0.4, 0.5) is 0 Å². The Labute approximate surface area is 154 Å². The summed E-state index contributed by atoms with van der Waals surface area (Å²) in [5.74, 6) is 1.86. The average Bonchev–Trinajstić information content (AvgIpc) is 2.96. The van der Waals surface area contributed by atoms with Crippen molar-refractivity contribution in [1.82, 2.24) is 20.1 Å². The highest BCUT2D eigenvalue weighted by Gasteiger charge is 2.09. The van der Waals surface area contributed by atoms with Gasteiger partial charge in [0.1, 0.15) is 17.9 Å². The minimum Gasteiger partial charge on any atom is -0.492 e. The second-order valence-electron chi connectivity index (χ2n) is 5.50. The zero-order valence-corrected chi connectivity index (χ0v) is 16.8. The van der Waals surface area contributed by atoms with Crippen LogP contribution in [0.1, 0.15) is 38.2 Å². The van der Waals surface area contributed by atoms with Gasteiger partial charge in [-0.25, -0.2) is 0 Å². The molecule has 1 aromatic carbocycles. The molecule has 0 amide bonds. The summed E-state index contributed by atoms with van der Waals surface area (Å²) in [4.78, 5) is 0. The van der Waals surface area contributed by atoms with Crippen molar-refractivity contribution in [2.75, 3.05) is 13.2 Å². The van der Waals surface area contributed by atoms with Crippen LogP contribution in [-0.2, 0) is 13.0 Å². The van der Waals surface area contributed by atoms with E-state index in [-0.39, 0.29) is 0 Å². The molecule has 126 valence electrons. The van der Waals surface area contributed by atoms with E-state index in [1.165, 1.54) is 5.56 Å². The maximum atomic E-state index is 5.60. The van der Waals surface area contributed by atoms with Crippen molar-refractivity contribution >= 4 is 31.9 Å². The predicted octanol–water partition coefficient (Wildman–Crippen LogP) is 4.12. The fraction of sp³-hybridized carbons (Fsp3) is 0.500. The molecule has 1 aromatic heterocycles. The highest BCUT2D eigenvalue weighted by Crippen LogP contribution is 2.34. The van der Waals surface area contributed by atoms with E-state index in [0.717, 1.165) is 40.0 Å². The molecule has 2 rings (SSSR count). The van der Waals surface area contributed by atoms with Gasteiger partial charge < -0.3 is 14.6 Å². The molecule has 0 atom stereocenters. The molecular weight excluding hydrogens is 424 g/mol. The van der Waals surface area contributed by atoms with Gasteiger partial charge in [-0.3, -0.25) is 0 Å². The Bertz CT molecular complexity index is 620. The molecule has 0 spiro atoms. The molecular formula is C16H22Br2N4O. The topological polar surface area (TPSA) is 52.0 Å². The molecule has 0 unspecified atom stereocenters. The number of benzene rings is 1. The summed E-state index contributed by atoms with van der Waals surface area (Å²) in [6.45, 7) is 8.54. The Hall–Kier alpha value is -0.920. The summed E-state index contributed by atoms with van der Waals surface area (Å²) in [5.41, 5.74) is 1.19. The van der Waals surface area contributed by atoms with Crippen LogP contribution in [0.3, 0.4) is 0 Å². The van der Waals surface area contributed by atoms with E-state index in [9.17, 15) is 0 Å². The van der Waals surface area contributed by atoms with Crippen molar-refractivity contribution in [3.05, 3.63) is 38.8 Å². The first kappa shape index (κ1) is 18.4. The SMILES string of the molecule is CCOc1c(Br)cc(CNCCc2nncn2C(C)C)cc1Br. The summed E-state index contributed by atoms with van der Waals surface area (Å²) in [7, 11) is 0. The van der Waals surface area contributed by atoms with Crippen molar-refractivity contribution in [1.29, 1.82) is 0 Å². The van der Waals surface area contributed by atoms with E-state index in [0.29, 0.717) is 12.6 Å². The monoisotopic (exact) mass is 444 g/mol. The van der Waals surface area contributed by atoms with Crippen molar-refractivity contribution in [2.45, 2.75) is 39.8 Å². The second kappa shape index (κ2) is 8.80. The maximum Gasteiger partial charge on any atom is 0.147 e. The van der Waals surface area contributed by atoms with Gasteiger partial charge in [0, 0.05) is 25.6 Å². The van der Waals surface area contributed by atoms with Crippen LogP contribution in [0.2, 0.25) is 0 Å².